The lowest BCUT2D eigenvalue weighted by molar-refractivity contribution is -0.238. The van der Waals surface area contributed by atoms with Crippen LogP contribution >= 0.6 is 0 Å². The standard InChI is InChI=1S/C42H52F4N10O5/c1-24-16-26(20-51-10-12-52(13-11-51)28-7-6-27-21-54(39(60)30(27)18-28)33-8-9-35(57)50-38(33)59)17-25(2)56(24)40(61)53-14-15-55-34(19-32(47)29-4-3-5-31(43)36(29)58)37(48)49-22-41(55,23-53)42(44,45)46/h3-7,18-19,24-26,33,49,58H,8-17,20-23,47-48H2,1-2H3,(H,50,57,59)/b32-19-. The van der Waals surface area contributed by atoms with Crippen LogP contribution in [0.3, 0.4) is 0 Å². The Morgan fingerprint density at radius 2 is 1.74 bits per heavy atom. The van der Waals surface area contributed by atoms with Gasteiger partial charge in [-0.25, -0.2) is 9.18 Å². The Labute approximate surface area is 350 Å². The fourth-order valence-electron chi connectivity index (χ4n) is 10.2. The maximum absolute atomic E-state index is 15.3. The number of carbonyl (C=O) groups is 4. The van der Waals surface area contributed by atoms with Crippen LogP contribution in [0.1, 0.15) is 61.0 Å². The number of nitrogens with two attached hydrogens (primary N) is 2. The zero-order valence-electron chi connectivity index (χ0n) is 34.2. The summed E-state index contributed by atoms with van der Waals surface area (Å²) in [4.78, 5) is 62.0. The molecule has 0 aliphatic carbocycles. The van der Waals surface area contributed by atoms with Crippen LogP contribution in [0.15, 0.2) is 54.0 Å². The first kappa shape index (κ1) is 42.0. The Balaban J connectivity index is 0.873. The summed E-state index contributed by atoms with van der Waals surface area (Å²) in [6.07, 6.45) is -1.72. The van der Waals surface area contributed by atoms with E-state index in [0.717, 1.165) is 54.9 Å². The van der Waals surface area contributed by atoms with Crippen LogP contribution in [0.4, 0.5) is 28.0 Å². The van der Waals surface area contributed by atoms with E-state index >= 15 is 13.2 Å². The van der Waals surface area contributed by atoms with Crippen molar-refractivity contribution in [1.29, 1.82) is 0 Å². The number of likely N-dealkylation sites (tertiary alicyclic amines) is 1. The third kappa shape index (κ3) is 7.65. The third-order valence-corrected chi connectivity index (χ3v) is 13.4. The molecule has 0 radical (unpaired) electrons. The lowest BCUT2D eigenvalue weighted by Crippen LogP contribution is -2.75. The highest BCUT2D eigenvalue weighted by molar-refractivity contribution is 6.05. The summed E-state index contributed by atoms with van der Waals surface area (Å²) in [5, 5.41) is 15.2. The number of piperidine rings is 2. The average molecular weight is 853 g/mol. The van der Waals surface area contributed by atoms with Gasteiger partial charge in [0.15, 0.2) is 17.1 Å². The Bertz CT molecular complexity index is 2160. The molecule has 0 aromatic heterocycles. The van der Waals surface area contributed by atoms with Gasteiger partial charge in [0.2, 0.25) is 11.8 Å². The smallest absolute Gasteiger partial charge is 0.415 e. The molecule has 8 rings (SSSR count). The molecule has 2 aromatic rings. The summed E-state index contributed by atoms with van der Waals surface area (Å²) in [5.74, 6) is -2.44. The van der Waals surface area contributed by atoms with Crippen molar-refractivity contribution < 1.29 is 41.8 Å². The fraction of sp³-hybridized carbons (Fsp3) is 0.524. The molecule has 19 heteroatoms. The molecule has 4 unspecified atom stereocenters. The number of hydrogen-bond acceptors (Lipinski definition) is 11. The molecular weight excluding hydrogens is 801 g/mol. The van der Waals surface area contributed by atoms with Gasteiger partial charge in [0, 0.05) is 93.4 Å². The number of para-hydroxylation sites is 1. The van der Waals surface area contributed by atoms with Crippen LogP contribution in [0, 0.1) is 11.7 Å². The van der Waals surface area contributed by atoms with Gasteiger partial charge < -0.3 is 46.4 Å². The number of nitrogens with zero attached hydrogens (tertiary/aromatic N) is 6. The van der Waals surface area contributed by atoms with Crippen molar-refractivity contribution in [3.63, 3.8) is 0 Å². The molecule has 6 aliphatic rings. The quantitative estimate of drug-likeness (QED) is 0.213. The van der Waals surface area contributed by atoms with Gasteiger partial charge in [-0.1, -0.05) is 12.1 Å². The second-order valence-corrected chi connectivity index (χ2v) is 17.2. The molecule has 61 heavy (non-hydrogen) atoms. The minimum Gasteiger partial charge on any atom is -0.504 e. The van der Waals surface area contributed by atoms with Gasteiger partial charge >= 0.3 is 12.2 Å². The summed E-state index contributed by atoms with van der Waals surface area (Å²) in [7, 11) is 0. The summed E-state index contributed by atoms with van der Waals surface area (Å²) in [6.45, 7) is 6.64. The molecule has 2 aromatic carbocycles. The SMILES string of the molecule is CC1CC(CN2CCN(c3ccc4c(c3)C(=O)N(C3CCC(=O)NC3=O)C4)CC2)CC(C)N1C(=O)N1CCN2C(/C=C(\N)c3cccc(F)c3O)=C(N)NCC2(C(F)(F)F)C1. The number of nitrogens with one attached hydrogen (secondary N) is 2. The minimum atomic E-state index is -4.81. The van der Waals surface area contributed by atoms with Gasteiger partial charge in [0.05, 0.1) is 18.8 Å². The second kappa shape index (κ2) is 16.0. The second-order valence-electron chi connectivity index (χ2n) is 17.2. The van der Waals surface area contributed by atoms with Crippen molar-refractivity contribution in [2.24, 2.45) is 17.4 Å². The van der Waals surface area contributed by atoms with E-state index in [0.29, 0.717) is 31.4 Å². The van der Waals surface area contributed by atoms with Gasteiger partial charge in [0.25, 0.3) is 5.91 Å². The van der Waals surface area contributed by atoms with E-state index in [2.05, 4.69) is 20.4 Å². The van der Waals surface area contributed by atoms with Crippen molar-refractivity contribution in [2.75, 3.05) is 63.8 Å². The van der Waals surface area contributed by atoms with Gasteiger partial charge in [0.1, 0.15) is 11.9 Å². The maximum Gasteiger partial charge on any atom is 0.415 e. The Kier molecular flexibility index (Phi) is 11.0. The van der Waals surface area contributed by atoms with Gasteiger partial charge in [-0.05, 0) is 74.9 Å². The minimum absolute atomic E-state index is 0.00742. The highest BCUT2D eigenvalue weighted by Gasteiger charge is 2.63. The van der Waals surface area contributed by atoms with Crippen LogP contribution in [0.5, 0.6) is 5.75 Å². The average Bonchev–Trinajstić information content (AvgIpc) is 3.54. The highest BCUT2D eigenvalue weighted by Crippen LogP contribution is 2.44. The van der Waals surface area contributed by atoms with E-state index < -0.39 is 54.4 Å². The number of phenolic OH excluding ortho intramolecular Hbond substituents is 1. The Morgan fingerprint density at radius 3 is 2.43 bits per heavy atom. The number of alkyl halides is 3. The normalized spacial score (nSPS) is 27.9. The van der Waals surface area contributed by atoms with Crippen molar-refractivity contribution in [3.8, 4) is 5.75 Å². The lowest BCUT2D eigenvalue weighted by atomic mass is 9.86. The molecule has 15 nitrogen and oxygen atoms in total. The van der Waals surface area contributed by atoms with Crippen LogP contribution in [-0.2, 0) is 16.1 Å². The number of carbonyl (C=O) groups excluding carboxylic acids is 4. The van der Waals surface area contributed by atoms with Crippen molar-refractivity contribution in [3.05, 3.63) is 76.5 Å². The highest BCUT2D eigenvalue weighted by atomic mass is 19.4. The zero-order chi connectivity index (χ0) is 43.5. The van der Waals surface area contributed by atoms with Crippen LogP contribution in [0.2, 0.25) is 0 Å². The topological polar surface area (TPSA) is 184 Å². The van der Waals surface area contributed by atoms with Crippen LogP contribution < -0.4 is 27.0 Å². The van der Waals surface area contributed by atoms with E-state index in [4.69, 9.17) is 11.5 Å². The molecule has 328 valence electrons. The number of amides is 5. The molecule has 0 spiro atoms. The summed E-state index contributed by atoms with van der Waals surface area (Å²) in [5.41, 5.74) is 11.9. The molecule has 0 saturated carbocycles. The first-order chi connectivity index (χ1) is 29.0. The number of imide groups is 1. The predicted molar refractivity (Wildman–Crippen MR) is 217 cm³/mol. The summed E-state index contributed by atoms with van der Waals surface area (Å²) < 4.78 is 59.9. The number of anilines is 1. The molecule has 5 amide bonds. The van der Waals surface area contributed by atoms with Gasteiger partial charge in [-0.2, -0.15) is 13.2 Å². The van der Waals surface area contributed by atoms with Crippen LogP contribution in [-0.4, -0.2) is 142 Å². The molecule has 4 atom stereocenters. The lowest BCUT2D eigenvalue weighted by Gasteiger charge is -2.56. The number of halogens is 4. The molecule has 4 fully saturated rings. The van der Waals surface area contributed by atoms with Gasteiger partial charge in [-0.3, -0.25) is 24.6 Å². The molecule has 4 saturated heterocycles. The molecule has 6 aliphatic heterocycles. The van der Waals surface area contributed by atoms with Crippen molar-refractivity contribution >= 4 is 35.1 Å². The maximum atomic E-state index is 15.3. The van der Waals surface area contributed by atoms with Crippen molar-refractivity contribution in [1.82, 2.24) is 35.1 Å². The number of phenols is 1. The first-order valence-electron chi connectivity index (χ1n) is 20.8. The largest absolute Gasteiger partial charge is 0.504 e. The van der Waals surface area contributed by atoms with Crippen molar-refractivity contribution in [2.45, 2.75) is 75.9 Å². The predicted octanol–water partition coefficient (Wildman–Crippen LogP) is 2.67. The number of fused-ring (bicyclic) bond motifs is 2. The van der Waals surface area contributed by atoms with Crippen LogP contribution in [0.25, 0.3) is 5.70 Å². The number of urea groups is 1. The molecule has 0 bridgehead atoms. The third-order valence-electron chi connectivity index (χ3n) is 13.4. The summed E-state index contributed by atoms with van der Waals surface area (Å²) >= 11 is 0. The molecular formula is C42H52F4N10O5. The number of aromatic hydroxyl groups is 1. The van der Waals surface area contributed by atoms with E-state index in [-0.39, 0.29) is 72.1 Å². The number of piperazine rings is 2. The monoisotopic (exact) mass is 852 g/mol. The molecule has 7 N–H and O–H groups in total. The molecule has 6 heterocycles. The Hall–Kier alpha value is -5.72. The van der Waals surface area contributed by atoms with E-state index in [1.54, 1.807) is 9.80 Å². The van der Waals surface area contributed by atoms with E-state index in [1.807, 2.05) is 32.0 Å². The summed E-state index contributed by atoms with van der Waals surface area (Å²) in [6, 6.07) is 7.99. The van der Waals surface area contributed by atoms with E-state index in [1.165, 1.54) is 23.1 Å². The number of allylic oxidation sites excluding steroid dienone is 1. The van der Waals surface area contributed by atoms with Gasteiger partial charge in [-0.15, -0.1) is 0 Å². The zero-order valence-corrected chi connectivity index (χ0v) is 34.2. The number of benzene rings is 2. The Morgan fingerprint density at radius 1 is 1.02 bits per heavy atom. The van der Waals surface area contributed by atoms with E-state index in [9.17, 15) is 28.7 Å². The first-order valence-corrected chi connectivity index (χ1v) is 20.8. The fourth-order valence-corrected chi connectivity index (χ4v) is 10.2. The number of rotatable bonds is 6. The number of hydrogen-bond donors (Lipinski definition) is 5.